The SMILES string of the molecule is CCOC(=O)c1cc2nc(CN3CCC(C4O[C@@](C)(c5ccc(C#N)cc5F)Oc5ccccc54)CC3)n(C[C@@H]3CCO3)c2s1. The number of carbonyl (C=O) groups is 1. The van der Waals surface area contributed by atoms with Gasteiger partial charge in [-0.2, -0.15) is 5.26 Å². The zero-order valence-corrected chi connectivity index (χ0v) is 26.1. The van der Waals surface area contributed by atoms with Crippen molar-refractivity contribution < 1.29 is 28.1 Å². The average molecular weight is 631 g/mol. The highest BCUT2D eigenvalue weighted by Gasteiger charge is 2.44. The van der Waals surface area contributed by atoms with E-state index < -0.39 is 11.6 Å². The first-order valence-electron chi connectivity index (χ1n) is 15.5. The summed E-state index contributed by atoms with van der Waals surface area (Å²) in [6, 6.07) is 16.0. The molecule has 0 amide bonds. The maximum Gasteiger partial charge on any atom is 0.348 e. The van der Waals surface area contributed by atoms with Gasteiger partial charge in [0.25, 0.3) is 0 Å². The number of aromatic nitrogens is 2. The lowest BCUT2D eigenvalue weighted by molar-refractivity contribution is -0.243. The highest BCUT2D eigenvalue weighted by molar-refractivity contribution is 7.20. The van der Waals surface area contributed by atoms with Crippen LogP contribution in [-0.2, 0) is 33.1 Å². The number of para-hydroxylation sites is 1. The van der Waals surface area contributed by atoms with Crippen molar-refractivity contribution in [3.63, 3.8) is 0 Å². The summed E-state index contributed by atoms with van der Waals surface area (Å²) in [4.78, 5) is 21.3. The van der Waals surface area contributed by atoms with Gasteiger partial charge in [0.15, 0.2) is 0 Å². The second kappa shape index (κ2) is 12.2. The Hall–Kier alpha value is -3.82. The van der Waals surface area contributed by atoms with E-state index in [4.69, 9.17) is 23.9 Å². The van der Waals surface area contributed by atoms with Crippen LogP contribution < -0.4 is 4.74 Å². The molecule has 0 saturated carbocycles. The van der Waals surface area contributed by atoms with E-state index in [-0.39, 0.29) is 35.2 Å². The van der Waals surface area contributed by atoms with Crippen molar-refractivity contribution >= 4 is 27.7 Å². The molecule has 9 nitrogen and oxygen atoms in total. The first kappa shape index (κ1) is 29.9. The predicted octanol–water partition coefficient (Wildman–Crippen LogP) is 6.31. The number of nitriles is 1. The van der Waals surface area contributed by atoms with Crippen LogP contribution in [0.5, 0.6) is 5.75 Å². The number of esters is 1. The Morgan fingerprint density at radius 2 is 2.00 bits per heavy atom. The molecule has 0 spiro atoms. The Morgan fingerprint density at radius 3 is 2.71 bits per heavy atom. The van der Waals surface area contributed by atoms with Gasteiger partial charge in [-0.05, 0) is 75.5 Å². The molecule has 4 aromatic rings. The number of hydrogen-bond donors (Lipinski definition) is 0. The van der Waals surface area contributed by atoms with Crippen LogP contribution in [0.2, 0.25) is 0 Å². The summed E-state index contributed by atoms with van der Waals surface area (Å²) in [5, 5.41) is 9.22. The number of nitrogens with zero attached hydrogens (tertiary/aromatic N) is 4. The fourth-order valence-electron chi connectivity index (χ4n) is 6.59. The number of hydrogen-bond acceptors (Lipinski definition) is 9. The minimum Gasteiger partial charge on any atom is -0.462 e. The van der Waals surface area contributed by atoms with Gasteiger partial charge in [0.1, 0.15) is 32.6 Å². The molecular weight excluding hydrogens is 595 g/mol. The molecule has 0 aliphatic carbocycles. The number of piperidine rings is 1. The maximum absolute atomic E-state index is 15.2. The molecule has 7 rings (SSSR count). The number of ether oxygens (including phenoxy) is 4. The van der Waals surface area contributed by atoms with Gasteiger partial charge in [-0.1, -0.05) is 18.2 Å². The number of carbonyl (C=O) groups excluding carboxylic acids is 1. The monoisotopic (exact) mass is 630 g/mol. The van der Waals surface area contributed by atoms with Crippen LogP contribution in [0, 0.1) is 23.1 Å². The molecule has 3 aliphatic rings. The molecule has 0 N–H and O–H groups in total. The largest absolute Gasteiger partial charge is 0.462 e. The van der Waals surface area contributed by atoms with Crippen molar-refractivity contribution in [3.05, 3.63) is 81.7 Å². The summed E-state index contributed by atoms with van der Waals surface area (Å²) in [5.74, 6) is -0.323. The lowest BCUT2D eigenvalue weighted by atomic mass is 9.85. The number of likely N-dealkylation sites (tertiary alicyclic amines) is 1. The number of fused-ring (bicyclic) bond motifs is 2. The second-order valence-electron chi connectivity index (χ2n) is 12.0. The van der Waals surface area contributed by atoms with Crippen LogP contribution in [-0.4, -0.2) is 52.8 Å². The average Bonchev–Trinajstić information content (AvgIpc) is 3.57. The summed E-state index contributed by atoms with van der Waals surface area (Å²) in [7, 11) is 0. The van der Waals surface area contributed by atoms with E-state index in [0.717, 1.165) is 60.7 Å². The van der Waals surface area contributed by atoms with Crippen LogP contribution in [0.1, 0.15) is 71.4 Å². The van der Waals surface area contributed by atoms with Crippen LogP contribution in [0.3, 0.4) is 0 Å². The van der Waals surface area contributed by atoms with Gasteiger partial charge in [0.2, 0.25) is 5.79 Å². The van der Waals surface area contributed by atoms with Gasteiger partial charge < -0.3 is 23.5 Å². The molecule has 2 aromatic carbocycles. The predicted molar refractivity (Wildman–Crippen MR) is 165 cm³/mol. The molecule has 3 aliphatic heterocycles. The zero-order chi connectivity index (χ0) is 31.1. The van der Waals surface area contributed by atoms with E-state index in [9.17, 15) is 10.1 Å². The van der Waals surface area contributed by atoms with Crippen LogP contribution in [0.4, 0.5) is 4.39 Å². The number of benzene rings is 2. The topological polar surface area (TPSA) is 98.8 Å². The molecule has 2 saturated heterocycles. The molecule has 0 radical (unpaired) electrons. The van der Waals surface area contributed by atoms with Gasteiger partial charge in [-0.3, -0.25) is 4.90 Å². The Bertz CT molecular complexity index is 1770. The summed E-state index contributed by atoms with van der Waals surface area (Å²) in [6.45, 7) is 7.77. The fraction of sp³-hybridized carbons (Fsp3) is 0.441. The van der Waals surface area contributed by atoms with Crippen LogP contribution >= 0.6 is 11.3 Å². The van der Waals surface area contributed by atoms with Crippen molar-refractivity contribution in [2.75, 3.05) is 26.3 Å². The zero-order valence-electron chi connectivity index (χ0n) is 25.3. The van der Waals surface area contributed by atoms with Crippen molar-refractivity contribution in [1.82, 2.24) is 14.5 Å². The first-order chi connectivity index (χ1) is 21.8. The Kier molecular flexibility index (Phi) is 8.08. The Balaban J connectivity index is 1.09. The molecule has 45 heavy (non-hydrogen) atoms. The quantitative estimate of drug-likeness (QED) is 0.209. The molecular formula is C34H35FN4O5S. The molecule has 2 fully saturated rings. The van der Waals surface area contributed by atoms with Crippen molar-refractivity contribution in [3.8, 4) is 11.8 Å². The molecule has 234 valence electrons. The highest BCUT2D eigenvalue weighted by atomic mass is 32.1. The Morgan fingerprint density at radius 1 is 1.20 bits per heavy atom. The lowest BCUT2D eigenvalue weighted by Crippen LogP contribution is -2.43. The minimum atomic E-state index is -1.34. The van der Waals surface area contributed by atoms with Crippen molar-refractivity contribution in [2.45, 2.75) is 64.2 Å². The molecule has 1 unspecified atom stereocenters. The molecule has 11 heteroatoms. The van der Waals surface area contributed by atoms with E-state index in [2.05, 4.69) is 9.47 Å². The highest BCUT2D eigenvalue weighted by Crippen LogP contribution is 2.49. The van der Waals surface area contributed by atoms with Gasteiger partial charge in [-0.25, -0.2) is 14.2 Å². The van der Waals surface area contributed by atoms with Gasteiger partial charge in [-0.15, -0.1) is 11.3 Å². The number of halogens is 1. The van der Waals surface area contributed by atoms with Gasteiger partial charge in [0, 0.05) is 19.1 Å². The fourth-order valence-corrected chi connectivity index (χ4v) is 7.61. The molecule has 3 atom stereocenters. The third-order valence-corrected chi connectivity index (χ3v) is 10.2. The van der Waals surface area contributed by atoms with E-state index in [1.807, 2.05) is 36.4 Å². The third kappa shape index (κ3) is 5.72. The minimum absolute atomic E-state index is 0.154. The van der Waals surface area contributed by atoms with Crippen molar-refractivity contribution in [1.29, 1.82) is 5.26 Å². The van der Waals surface area contributed by atoms with E-state index in [1.54, 1.807) is 26.0 Å². The van der Waals surface area contributed by atoms with Gasteiger partial charge in [0.05, 0.1) is 49.1 Å². The molecule has 2 aromatic heterocycles. The van der Waals surface area contributed by atoms with Crippen LogP contribution in [0.15, 0.2) is 48.5 Å². The number of rotatable bonds is 8. The lowest BCUT2D eigenvalue weighted by Gasteiger charge is -2.44. The maximum atomic E-state index is 15.2. The first-order valence-corrected chi connectivity index (χ1v) is 16.3. The Labute approximate surface area is 265 Å². The summed E-state index contributed by atoms with van der Waals surface area (Å²) in [5.41, 5.74) is 2.30. The van der Waals surface area contributed by atoms with E-state index in [1.165, 1.54) is 17.4 Å². The third-order valence-electron chi connectivity index (χ3n) is 9.05. The van der Waals surface area contributed by atoms with Crippen molar-refractivity contribution in [2.24, 2.45) is 5.92 Å². The molecule has 0 bridgehead atoms. The normalized spacial score (nSPS) is 23.6. The standard InChI is InChI=1S/C34H35FN4O5S/c1-3-41-33(40)29-17-27-32(45-29)39(19-23-12-15-42-23)30(37-27)20-38-13-10-22(11-14-38)31-24-6-4-5-7-28(24)43-34(2,44-31)25-9-8-21(18-36)16-26(25)35/h4-9,16-17,22-23,31H,3,10-15,19-20H2,1-2H3/t23-,31?,34-/m0/s1. The number of imidazole rings is 1. The van der Waals surface area contributed by atoms with Crippen LogP contribution in [0.25, 0.3) is 10.3 Å². The van der Waals surface area contributed by atoms with Gasteiger partial charge >= 0.3 is 5.97 Å². The smallest absolute Gasteiger partial charge is 0.348 e. The summed E-state index contributed by atoms with van der Waals surface area (Å²) in [6.07, 6.45) is 2.67. The second-order valence-corrected chi connectivity index (χ2v) is 13.0. The summed E-state index contributed by atoms with van der Waals surface area (Å²) < 4.78 is 41.4. The number of thiophene rings is 1. The van der Waals surface area contributed by atoms with E-state index in [0.29, 0.717) is 30.3 Å². The van der Waals surface area contributed by atoms with E-state index >= 15 is 4.39 Å². The molecule has 5 heterocycles. The summed E-state index contributed by atoms with van der Waals surface area (Å²) >= 11 is 1.43.